The second-order valence-corrected chi connectivity index (χ2v) is 13.0. The molecule has 2 nitrogen and oxygen atoms in total. The molecular weight excluding hydrogens is 549 g/mol. The lowest BCUT2D eigenvalue weighted by Crippen LogP contribution is -1.95. The molecule has 8 rings (SSSR count). The fourth-order valence-corrected chi connectivity index (χ4v) is 8.43. The van der Waals surface area contributed by atoms with Crippen molar-refractivity contribution in [1.29, 1.82) is 0 Å². The van der Waals surface area contributed by atoms with Gasteiger partial charge in [0.05, 0.1) is 20.8 Å². The van der Waals surface area contributed by atoms with Crippen molar-refractivity contribution in [2.75, 3.05) is 10.6 Å². The molecule has 0 aliphatic carbocycles. The smallest absolute Gasteiger partial charge is 0.0590 e. The molecule has 0 amide bonds. The minimum absolute atomic E-state index is 1.11. The van der Waals surface area contributed by atoms with E-state index in [0.717, 1.165) is 22.7 Å². The maximum absolute atomic E-state index is 3.70. The molecule has 2 aromatic heterocycles. The van der Waals surface area contributed by atoms with Gasteiger partial charge in [0, 0.05) is 42.3 Å². The second kappa shape index (κ2) is 10.0. The van der Waals surface area contributed by atoms with E-state index < -0.39 is 0 Å². The van der Waals surface area contributed by atoms with Crippen LogP contribution in [0.25, 0.3) is 51.5 Å². The molecule has 42 heavy (non-hydrogen) atoms. The van der Waals surface area contributed by atoms with Gasteiger partial charge in [0.1, 0.15) is 0 Å². The highest BCUT2D eigenvalue weighted by molar-refractivity contribution is 7.26. The average Bonchev–Trinajstić information content (AvgIpc) is 3.58. The molecule has 4 heteroatoms. The van der Waals surface area contributed by atoms with Gasteiger partial charge in [-0.15, -0.1) is 22.7 Å². The van der Waals surface area contributed by atoms with Crippen LogP contribution in [0.5, 0.6) is 0 Å². The van der Waals surface area contributed by atoms with Gasteiger partial charge in [0.25, 0.3) is 0 Å². The molecule has 0 unspecified atom stereocenters. The van der Waals surface area contributed by atoms with Crippen molar-refractivity contribution in [2.45, 2.75) is 13.8 Å². The molecule has 0 saturated carbocycles. The fraction of sp³-hybridized carbons (Fsp3) is 0.0526. The summed E-state index contributed by atoms with van der Waals surface area (Å²) in [7, 11) is 0. The molecule has 0 saturated heterocycles. The molecule has 0 atom stereocenters. The Bertz CT molecular complexity index is 2130. The van der Waals surface area contributed by atoms with Gasteiger partial charge in [0.2, 0.25) is 0 Å². The summed E-state index contributed by atoms with van der Waals surface area (Å²) in [6.45, 7) is 4.41. The molecule has 0 aliphatic rings. The minimum Gasteiger partial charge on any atom is -0.354 e. The van der Waals surface area contributed by atoms with Crippen molar-refractivity contribution in [3.05, 3.63) is 132 Å². The average molecular weight is 577 g/mol. The predicted molar refractivity (Wildman–Crippen MR) is 187 cm³/mol. The molecule has 0 spiro atoms. The van der Waals surface area contributed by atoms with Crippen molar-refractivity contribution >= 4 is 85.8 Å². The summed E-state index contributed by atoms with van der Waals surface area (Å²) in [5, 5.41) is 12.7. The standard InChI is InChI=1S/C38H28N2S2/c1-23-21-25(39-33-13-7-11-31-29-9-3-5-15-35(29)41-37(31)33)17-19-27(23)28-20-18-26(22-24(28)2)40-34-14-8-12-32-30-10-4-6-16-36(30)42-38(32)34/h3-22,39-40H,1-2H3. The molecule has 2 N–H and O–H groups in total. The number of anilines is 4. The van der Waals surface area contributed by atoms with Crippen molar-refractivity contribution < 1.29 is 0 Å². The van der Waals surface area contributed by atoms with E-state index in [-0.39, 0.29) is 0 Å². The van der Waals surface area contributed by atoms with E-state index >= 15 is 0 Å². The normalized spacial score (nSPS) is 11.6. The van der Waals surface area contributed by atoms with Crippen molar-refractivity contribution in [2.24, 2.45) is 0 Å². The van der Waals surface area contributed by atoms with Crippen LogP contribution in [0.4, 0.5) is 22.7 Å². The van der Waals surface area contributed by atoms with E-state index in [4.69, 9.17) is 0 Å². The molecule has 2 heterocycles. The Balaban J connectivity index is 1.08. The molecule has 0 aliphatic heterocycles. The quantitative estimate of drug-likeness (QED) is 0.213. The van der Waals surface area contributed by atoms with Gasteiger partial charge in [-0.25, -0.2) is 0 Å². The van der Waals surface area contributed by atoms with E-state index in [1.165, 1.54) is 62.6 Å². The van der Waals surface area contributed by atoms with Crippen molar-refractivity contribution in [1.82, 2.24) is 0 Å². The van der Waals surface area contributed by atoms with Crippen molar-refractivity contribution in [3.8, 4) is 11.1 Å². The lowest BCUT2D eigenvalue weighted by molar-refractivity contribution is 1.40. The number of nitrogens with one attached hydrogen (secondary N) is 2. The number of fused-ring (bicyclic) bond motifs is 6. The van der Waals surface area contributed by atoms with Crippen LogP contribution in [-0.2, 0) is 0 Å². The summed E-state index contributed by atoms with van der Waals surface area (Å²) >= 11 is 3.70. The van der Waals surface area contributed by atoms with Crippen LogP contribution in [-0.4, -0.2) is 0 Å². The van der Waals surface area contributed by atoms with E-state index in [0.29, 0.717) is 0 Å². The third kappa shape index (κ3) is 4.23. The first-order chi connectivity index (χ1) is 20.6. The van der Waals surface area contributed by atoms with Gasteiger partial charge in [-0.2, -0.15) is 0 Å². The zero-order valence-electron chi connectivity index (χ0n) is 23.4. The van der Waals surface area contributed by atoms with Crippen LogP contribution < -0.4 is 10.6 Å². The number of rotatable bonds is 5. The zero-order valence-corrected chi connectivity index (χ0v) is 25.0. The maximum atomic E-state index is 3.70. The summed E-state index contributed by atoms with van der Waals surface area (Å²) in [5.74, 6) is 0. The highest BCUT2D eigenvalue weighted by Crippen LogP contribution is 2.41. The summed E-state index contributed by atoms with van der Waals surface area (Å²) in [4.78, 5) is 0. The predicted octanol–water partition coefficient (Wildman–Crippen LogP) is 12.2. The highest BCUT2D eigenvalue weighted by atomic mass is 32.1. The Morgan fingerprint density at radius 1 is 0.429 bits per heavy atom. The Kier molecular flexibility index (Phi) is 5.99. The minimum atomic E-state index is 1.11. The summed E-state index contributed by atoms with van der Waals surface area (Å²) in [6.07, 6.45) is 0. The monoisotopic (exact) mass is 576 g/mol. The Hall–Kier alpha value is -4.64. The number of hydrogen-bond acceptors (Lipinski definition) is 4. The molecule has 202 valence electrons. The Morgan fingerprint density at radius 3 is 1.31 bits per heavy atom. The van der Waals surface area contributed by atoms with E-state index in [1.807, 2.05) is 22.7 Å². The molecule has 8 aromatic rings. The Labute approximate surface area is 252 Å². The zero-order chi connectivity index (χ0) is 28.2. The Morgan fingerprint density at radius 2 is 0.857 bits per heavy atom. The molecule has 6 aromatic carbocycles. The molecule has 0 fully saturated rings. The van der Waals surface area contributed by atoms with Crippen LogP contribution in [0.3, 0.4) is 0 Å². The van der Waals surface area contributed by atoms with Gasteiger partial charge in [-0.3, -0.25) is 0 Å². The first-order valence-electron chi connectivity index (χ1n) is 14.2. The topological polar surface area (TPSA) is 24.1 Å². The van der Waals surface area contributed by atoms with E-state index in [2.05, 4.69) is 146 Å². The van der Waals surface area contributed by atoms with Crippen LogP contribution >= 0.6 is 22.7 Å². The molecule has 0 bridgehead atoms. The van der Waals surface area contributed by atoms with E-state index in [1.54, 1.807) is 0 Å². The number of aryl methyl sites for hydroxylation is 2. The van der Waals surface area contributed by atoms with Gasteiger partial charge < -0.3 is 10.6 Å². The summed E-state index contributed by atoms with van der Waals surface area (Å²) in [6, 6.07) is 43.8. The van der Waals surface area contributed by atoms with Gasteiger partial charge in [-0.1, -0.05) is 72.8 Å². The maximum Gasteiger partial charge on any atom is 0.0590 e. The fourth-order valence-electron chi connectivity index (χ4n) is 6.09. The molecular formula is C38H28N2S2. The van der Waals surface area contributed by atoms with Crippen LogP contribution in [0.1, 0.15) is 11.1 Å². The van der Waals surface area contributed by atoms with Crippen LogP contribution in [0, 0.1) is 13.8 Å². The lowest BCUT2D eigenvalue weighted by atomic mass is 9.95. The SMILES string of the molecule is Cc1cc(Nc2cccc3c2sc2ccccc23)ccc1-c1ccc(Nc2cccc3c2sc2ccccc23)cc1C. The van der Waals surface area contributed by atoms with Crippen molar-refractivity contribution in [3.63, 3.8) is 0 Å². The number of benzene rings is 6. The first kappa shape index (κ1) is 25.1. The van der Waals surface area contributed by atoms with Gasteiger partial charge in [-0.05, 0) is 84.6 Å². The molecule has 0 radical (unpaired) electrons. The number of thiophene rings is 2. The lowest BCUT2D eigenvalue weighted by Gasteiger charge is -2.15. The summed E-state index contributed by atoms with van der Waals surface area (Å²) in [5.41, 5.74) is 9.54. The third-order valence-corrected chi connectivity index (χ3v) is 10.5. The highest BCUT2D eigenvalue weighted by Gasteiger charge is 2.12. The van der Waals surface area contributed by atoms with E-state index in [9.17, 15) is 0 Å². The second-order valence-electron chi connectivity index (χ2n) is 10.9. The van der Waals surface area contributed by atoms with Gasteiger partial charge >= 0.3 is 0 Å². The third-order valence-electron chi connectivity index (χ3n) is 8.11. The van der Waals surface area contributed by atoms with Gasteiger partial charge in [0.15, 0.2) is 0 Å². The number of hydrogen-bond donors (Lipinski definition) is 2. The van der Waals surface area contributed by atoms with Crippen LogP contribution in [0.2, 0.25) is 0 Å². The summed E-state index contributed by atoms with van der Waals surface area (Å²) < 4.78 is 5.24. The first-order valence-corrected chi connectivity index (χ1v) is 15.8. The largest absolute Gasteiger partial charge is 0.354 e. The van der Waals surface area contributed by atoms with Crippen LogP contribution in [0.15, 0.2) is 121 Å².